The number of nitrogens with one attached hydrogen (secondary N) is 1. The van der Waals surface area contributed by atoms with Gasteiger partial charge in [-0.2, -0.15) is 0 Å². The Kier molecular flexibility index (Phi) is 4.59. The maximum Gasteiger partial charge on any atom is 0.408 e. The fourth-order valence-corrected chi connectivity index (χ4v) is 1.53. The lowest BCUT2D eigenvalue weighted by atomic mass is 10.2. The Hall–Kier alpha value is -1.01. The van der Waals surface area contributed by atoms with Crippen LogP contribution in [0.2, 0.25) is 0 Å². The van der Waals surface area contributed by atoms with Crippen molar-refractivity contribution in [2.75, 3.05) is 6.54 Å². The predicted molar refractivity (Wildman–Crippen MR) is 67.6 cm³/mol. The number of rotatable bonds is 3. The average molecular weight is 305 g/mol. The number of nitrogens with two attached hydrogens (primary N) is 1. The van der Waals surface area contributed by atoms with Gasteiger partial charge >= 0.3 is 6.09 Å². The first-order chi connectivity index (χ1) is 7.81. The Morgan fingerprint density at radius 1 is 1.65 bits per heavy atom. The molecular formula is C11H17BrN2O3. The van der Waals surface area contributed by atoms with Crippen LogP contribution < -0.4 is 11.1 Å². The summed E-state index contributed by atoms with van der Waals surface area (Å²) in [6.07, 6.45) is 1.02. The van der Waals surface area contributed by atoms with Crippen LogP contribution in [0, 0.1) is 0 Å². The van der Waals surface area contributed by atoms with E-state index in [1.165, 1.54) is 6.26 Å². The summed E-state index contributed by atoms with van der Waals surface area (Å²) in [4.78, 5) is 11.6. The second-order valence-corrected chi connectivity index (χ2v) is 5.52. The molecule has 5 nitrogen and oxygen atoms in total. The van der Waals surface area contributed by atoms with Gasteiger partial charge in [0.2, 0.25) is 0 Å². The summed E-state index contributed by atoms with van der Waals surface area (Å²) < 4.78 is 11.2. The zero-order valence-electron chi connectivity index (χ0n) is 10.1. The summed E-state index contributed by atoms with van der Waals surface area (Å²) in [6.45, 7) is 5.63. The first-order valence-electron chi connectivity index (χ1n) is 5.25. The Balaban J connectivity index is 2.62. The maximum atomic E-state index is 11.6. The van der Waals surface area contributed by atoms with E-state index in [-0.39, 0.29) is 6.54 Å². The lowest BCUT2D eigenvalue weighted by Gasteiger charge is -2.22. The van der Waals surface area contributed by atoms with E-state index in [0.29, 0.717) is 5.76 Å². The van der Waals surface area contributed by atoms with Crippen molar-refractivity contribution in [1.82, 2.24) is 5.32 Å². The number of hydrogen-bond acceptors (Lipinski definition) is 4. The summed E-state index contributed by atoms with van der Waals surface area (Å²) in [6, 6.07) is 1.37. The molecule has 17 heavy (non-hydrogen) atoms. The molecule has 0 saturated heterocycles. The number of alkyl carbamates (subject to hydrolysis) is 1. The molecule has 1 heterocycles. The lowest BCUT2D eigenvalue weighted by molar-refractivity contribution is 0.0499. The fraction of sp³-hybridized carbons (Fsp3) is 0.545. The minimum atomic E-state index is -0.535. The quantitative estimate of drug-likeness (QED) is 0.899. The summed E-state index contributed by atoms with van der Waals surface area (Å²) in [5.41, 5.74) is 5.05. The number of carbonyl (C=O) groups excluding carboxylic acids is 1. The Labute approximate surface area is 109 Å². The van der Waals surface area contributed by atoms with Gasteiger partial charge in [0.05, 0.1) is 4.47 Å². The summed E-state index contributed by atoms with van der Waals surface area (Å²) in [5, 5.41) is 2.65. The number of halogens is 1. The lowest BCUT2D eigenvalue weighted by Crippen LogP contribution is -2.37. The van der Waals surface area contributed by atoms with E-state index >= 15 is 0 Å². The molecule has 6 heteroatoms. The number of furan rings is 1. The summed E-state index contributed by atoms with van der Waals surface area (Å²) in [7, 11) is 0. The third kappa shape index (κ3) is 4.79. The largest absolute Gasteiger partial charge is 0.466 e. The monoisotopic (exact) mass is 304 g/mol. The highest BCUT2D eigenvalue weighted by Gasteiger charge is 2.21. The van der Waals surface area contributed by atoms with E-state index in [1.807, 2.05) is 0 Å². The van der Waals surface area contributed by atoms with Crippen molar-refractivity contribution in [2.24, 2.45) is 5.73 Å². The van der Waals surface area contributed by atoms with E-state index in [1.54, 1.807) is 26.8 Å². The molecular weight excluding hydrogens is 288 g/mol. The molecule has 0 aliphatic heterocycles. The second-order valence-electron chi connectivity index (χ2n) is 4.60. The van der Waals surface area contributed by atoms with Crippen LogP contribution in [0.4, 0.5) is 4.79 Å². The SMILES string of the molecule is CC(C)(C)OC(=O)NC(CN)c1cc(Br)co1. The maximum absolute atomic E-state index is 11.6. The molecule has 0 spiro atoms. The topological polar surface area (TPSA) is 77.5 Å². The van der Waals surface area contributed by atoms with Crippen LogP contribution >= 0.6 is 15.9 Å². The first kappa shape index (κ1) is 14.1. The van der Waals surface area contributed by atoms with Gasteiger partial charge in [0, 0.05) is 6.54 Å². The van der Waals surface area contributed by atoms with Gasteiger partial charge in [-0.1, -0.05) is 0 Å². The average Bonchev–Trinajstić information content (AvgIpc) is 2.58. The number of amides is 1. The van der Waals surface area contributed by atoms with Gasteiger partial charge < -0.3 is 20.2 Å². The van der Waals surface area contributed by atoms with Crippen molar-refractivity contribution in [2.45, 2.75) is 32.4 Å². The summed E-state index contributed by atoms with van der Waals surface area (Å²) >= 11 is 3.27. The number of carbonyl (C=O) groups is 1. The molecule has 0 saturated carbocycles. The van der Waals surface area contributed by atoms with Crippen LogP contribution in [-0.2, 0) is 4.74 Å². The highest BCUT2D eigenvalue weighted by molar-refractivity contribution is 9.10. The second kappa shape index (κ2) is 5.55. The molecule has 1 atom stereocenters. The van der Waals surface area contributed by atoms with Crippen molar-refractivity contribution in [3.8, 4) is 0 Å². The predicted octanol–water partition coefficient (Wildman–Crippen LogP) is 2.57. The Morgan fingerprint density at radius 2 is 2.29 bits per heavy atom. The molecule has 0 fully saturated rings. The molecule has 0 aromatic carbocycles. The standard InChI is InChI=1S/C11H17BrN2O3/c1-11(2,3)17-10(15)14-8(5-13)9-4-7(12)6-16-9/h4,6,8H,5,13H2,1-3H3,(H,14,15). The summed E-state index contributed by atoms with van der Waals surface area (Å²) in [5.74, 6) is 0.588. The van der Waals surface area contributed by atoms with Crippen molar-refractivity contribution in [1.29, 1.82) is 0 Å². The third-order valence-electron chi connectivity index (χ3n) is 1.86. The molecule has 0 bridgehead atoms. The van der Waals surface area contributed by atoms with Gasteiger partial charge in [-0.25, -0.2) is 4.79 Å². The van der Waals surface area contributed by atoms with Crippen molar-refractivity contribution >= 4 is 22.0 Å². The van der Waals surface area contributed by atoms with Crippen LogP contribution in [0.5, 0.6) is 0 Å². The molecule has 1 aromatic rings. The molecule has 96 valence electrons. The molecule has 3 N–H and O–H groups in total. The van der Waals surface area contributed by atoms with Gasteiger partial charge in [-0.3, -0.25) is 0 Å². The van der Waals surface area contributed by atoms with Crippen LogP contribution in [-0.4, -0.2) is 18.2 Å². The van der Waals surface area contributed by atoms with Gasteiger partial charge in [0.1, 0.15) is 23.7 Å². The third-order valence-corrected chi connectivity index (χ3v) is 2.27. The van der Waals surface area contributed by atoms with Crippen molar-refractivity contribution < 1.29 is 13.9 Å². The minimum Gasteiger partial charge on any atom is -0.466 e. The molecule has 0 radical (unpaired) electrons. The molecule has 0 aliphatic carbocycles. The van der Waals surface area contributed by atoms with Crippen molar-refractivity contribution in [3.05, 3.63) is 22.6 Å². The zero-order chi connectivity index (χ0) is 13.1. The number of hydrogen-bond donors (Lipinski definition) is 2. The molecule has 1 rings (SSSR count). The zero-order valence-corrected chi connectivity index (χ0v) is 11.7. The van der Waals surface area contributed by atoms with E-state index in [4.69, 9.17) is 14.9 Å². The fourth-order valence-electron chi connectivity index (χ4n) is 1.21. The van der Waals surface area contributed by atoms with Gasteiger partial charge in [-0.15, -0.1) is 0 Å². The first-order valence-corrected chi connectivity index (χ1v) is 6.04. The van der Waals surface area contributed by atoms with Crippen LogP contribution in [0.15, 0.2) is 21.2 Å². The highest BCUT2D eigenvalue weighted by atomic mass is 79.9. The highest BCUT2D eigenvalue weighted by Crippen LogP contribution is 2.20. The Bertz CT molecular complexity index is 384. The minimum absolute atomic E-state index is 0.235. The van der Waals surface area contributed by atoms with Gasteiger partial charge in [0.15, 0.2) is 0 Å². The normalized spacial score (nSPS) is 13.2. The van der Waals surface area contributed by atoms with Crippen LogP contribution in [0.25, 0.3) is 0 Å². The molecule has 1 amide bonds. The van der Waals surface area contributed by atoms with E-state index in [2.05, 4.69) is 21.2 Å². The van der Waals surface area contributed by atoms with E-state index < -0.39 is 17.7 Å². The Morgan fingerprint density at radius 3 is 2.71 bits per heavy atom. The van der Waals surface area contributed by atoms with Gasteiger partial charge in [-0.05, 0) is 42.8 Å². The van der Waals surface area contributed by atoms with E-state index in [0.717, 1.165) is 4.47 Å². The van der Waals surface area contributed by atoms with Crippen LogP contribution in [0.3, 0.4) is 0 Å². The molecule has 1 unspecified atom stereocenters. The smallest absolute Gasteiger partial charge is 0.408 e. The molecule has 0 aliphatic rings. The number of ether oxygens (including phenoxy) is 1. The molecule has 1 aromatic heterocycles. The van der Waals surface area contributed by atoms with Crippen molar-refractivity contribution in [3.63, 3.8) is 0 Å². The van der Waals surface area contributed by atoms with Crippen LogP contribution in [0.1, 0.15) is 32.6 Å². The van der Waals surface area contributed by atoms with E-state index in [9.17, 15) is 4.79 Å². The van der Waals surface area contributed by atoms with Gasteiger partial charge in [0.25, 0.3) is 0 Å².